The normalized spacial score (nSPS) is 9.62. The zero-order valence-electron chi connectivity index (χ0n) is 8.00. The molecule has 13 heavy (non-hydrogen) atoms. The molecule has 2 nitrogen and oxygen atoms in total. The predicted molar refractivity (Wildman–Crippen MR) is 52.7 cm³/mol. The molecule has 1 rings (SSSR count). The van der Waals surface area contributed by atoms with E-state index in [0.29, 0.717) is 6.42 Å². The van der Waals surface area contributed by atoms with Crippen LogP contribution in [0.5, 0.6) is 0 Å². The summed E-state index contributed by atoms with van der Waals surface area (Å²) >= 11 is 0. The molecule has 0 spiro atoms. The highest BCUT2D eigenvalue weighted by atomic mass is 16.1. The third-order valence-electron chi connectivity index (χ3n) is 2.22. The van der Waals surface area contributed by atoms with Gasteiger partial charge in [-0.2, -0.15) is 0 Å². The number of terminal acetylenes is 1. The third-order valence-corrected chi connectivity index (χ3v) is 2.22. The lowest BCUT2D eigenvalue weighted by Gasteiger charge is -2.05. The summed E-state index contributed by atoms with van der Waals surface area (Å²) in [4.78, 5) is 10.6. The molecule has 0 N–H and O–H groups in total. The minimum atomic E-state index is 0.703. The van der Waals surface area contributed by atoms with Crippen molar-refractivity contribution in [3.8, 4) is 12.3 Å². The van der Waals surface area contributed by atoms with Crippen LogP contribution in [-0.4, -0.2) is 10.9 Å². The Hall–Kier alpha value is -1.49. The van der Waals surface area contributed by atoms with Gasteiger partial charge in [-0.1, -0.05) is 0 Å². The van der Waals surface area contributed by atoms with Gasteiger partial charge in [0.1, 0.15) is 0 Å². The molecule has 1 aromatic rings. The molecule has 2 heteroatoms. The summed E-state index contributed by atoms with van der Waals surface area (Å²) in [6.07, 6.45) is 6.77. The zero-order valence-corrected chi connectivity index (χ0v) is 8.00. The average Bonchev–Trinajstić information content (AvgIpc) is 2.39. The Morgan fingerprint density at radius 2 is 2.31 bits per heavy atom. The second kappa shape index (κ2) is 3.95. The Bertz CT molecular complexity index is 355. The van der Waals surface area contributed by atoms with Gasteiger partial charge in [-0.15, -0.1) is 12.3 Å². The fourth-order valence-electron chi connectivity index (χ4n) is 1.47. The lowest BCUT2D eigenvalue weighted by atomic mass is 10.3. The number of aldehydes is 1. The van der Waals surface area contributed by atoms with Crippen molar-refractivity contribution in [3.05, 3.63) is 23.0 Å². The van der Waals surface area contributed by atoms with E-state index in [1.165, 1.54) is 0 Å². The molecular formula is C11H13NO. The van der Waals surface area contributed by atoms with Crippen LogP contribution in [0.1, 0.15) is 28.2 Å². The van der Waals surface area contributed by atoms with Gasteiger partial charge < -0.3 is 4.57 Å². The summed E-state index contributed by atoms with van der Waals surface area (Å²) < 4.78 is 2.07. The second-order valence-corrected chi connectivity index (χ2v) is 3.05. The Kier molecular flexibility index (Phi) is 2.92. The van der Waals surface area contributed by atoms with Crippen LogP contribution in [0.25, 0.3) is 0 Å². The molecule has 68 valence electrons. The first-order chi connectivity index (χ1) is 6.20. The standard InChI is InChI=1S/C11H13NO/c1-4-5-6-12-9(2)7-11(8-13)10(12)3/h1,7-8H,5-6H2,2-3H3. The van der Waals surface area contributed by atoms with Crippen LogP contribution in [0.4, 0.5) is 0 Å². The largest absolute Gasteiger partial charge is 0.347 e. The molecule has 0 atom stereocenters. The molecule has 0 saturated carbocycles. The van der Waals surface area contributed by atoms with Crippen LogP contribution in [0.3, 0.4) is 0 Å². The van der Waals surface area contributed by atoms with Crippen molar-refractivity contribution >= 4 is 6.29 Å². The molecule has 0 amide bonds. The van der Waals surface area contributed by atoms with E-state index in [0.717, 1.165) is 29.8 Å². The Morgan fingerprint density at radius 1 is 1.62 bits per heavy atom. The molecule has 0 aromatic carbocycles. The maximum Gasteiger partial charge on any atom is 0.151 e. The summed E-state index contributed by atoms with van der Waals surface area (Å²) in [5.74, 6) is 2.59. The summed E-state index contributed by atoms with van der Waals surface area (Å²) in [6.45, 7) is 4.71. The molecular weight excluding hydrogens is 162 g/mol. The van der Waals surface area contributed by atoms with Gasteiger partial charge in [-0.05, 0) is 19.9 Å². The van der Waals surface area contributed by atoms with Crippen molar-refractivity contribution in [1.29, 1.82) is 0 Å². The van der Waals surface area contributed by atoms with E-state index in [-0.39, 0.29) is 0 Å². The molecule has 0 radical (unpaired) electrons. The number of carbonyl (C=O) groups is 1. The molecule has 0 saturated heterocycles. The Morgan fingerprint density at radius 3 is 2.77 bits per heavy atom. The molecule has 0 unspecified atom stereocenters. The van der Waals surface area contributed by atoms with Crippen LogP contribution in [0, 0.1) is 26.2 Å². The fraction of sp³-hybridized carbons (Fsp3) is 0.364. The van der Waals surface area contributed by atoms with Crippen LogP contribution in [0.15, 0.2) is 6.07 Å². The first-order valence-electron chi connectivity index (χ1n) is 4.26. The molecule has 1 aromatic heterocycles. The highest BCUT2D eigenvalue weighted by molar-refractivity contribution is 5.77. The molecule has 1 heterocycles. The van der Waals surface area contributed by atoms with Crippen molar-refractivity contribution < 1.29 is 4.79 Å². The van der Waals surface area contributed by atoms with Gasteiger partial charge in [0.05, 0.1) is 0 Å². The zero-order chi connectivity index (χ0) is 9.84. The first-order valence-corrected chi connectivity index (χ1v) is 4.26. The van der Waals surface area contributed by atoms with Crippen LogP contribution >= 0.6 is 0 Å². The number of hydrogen-bond donors (Lipinski definition) is 0. The highest BCUT2D eigenvalue weighted by Crippen LogP contribution is 2.13. The van der Waals surface area contributed by atoms with Gasteiger partial charge in [-0.3, -0.25) is 4.79 Å². The van der Waals surface area contributed by atoms with Gasteiger partial charge in [0.15, 0.2) is 6.29 Å². The van der Waals surface area contributed by atoms with E-state index in [9.17, 15) is 4.79 Å². The molecule has 0 aliphatic rings. The highest BCUT2D eigenvalue weighted by Gasteiger charge is 2.06. The number of hydrogen-bond acceptors (Lipinski definition) is 1. The lowest BCUT2D eigenvalue weighted by Crippen LogP contribution is -2.01. The van der Waals surface area contributed by atoms with Gasteiger partial charge >= 0.3 is 0 Å². The number of aryl methyl sites for hydroxylation is 1. The monoisotopic (exact) mass is 175 g/mol. The SMILES string of the molecule is C#CCCn1c(C)cc(C=O)c1C. The second-order valence-electron chi connectivity index (χ2n) is 3.05. The van der Waals surface area contributed by atoms with Crippen molar-refractivity contribution in [2.75, 3.05) is 0 Å². The van der Waals surface area contributed by atoms with Gasteiger partial charge in [0, 0.05) is 29.9 Å². The Labute approximate surface area is 78.6 Å². The van der Waals surface area contributed by atoms with E-state index >= 15 is 0 Å². The van der Waals surface area contributed by atoms with E-state index in [2.05, 4.69) is 10.5 Å². The maximum absolute atomic E-state index is 10.6. The molecule has 0 bridgehead atoms. The summed E-state index contributed by atoms with van der Waals surface area (Å²) in [6, 6.07) is 1.89. The quantitative estimate of drug-likeness (QED) is 0.508. The van der Waals surface area contributed by atoms with E-state index in [1.54, 1.807) is 0 Å². The number of aromatic nitrogens is 1. The minimum Gasteiger partial charge on any atom is -0.347 e. The minimum absolute atomic E-state index is 0.703. The number of carbonyl (C=O) groups excluding carboxylic acids is 1. The summed E-state index contributed by atoms with van der Waals surface area (Å²) in [5.41, 5.74) is 2.85. The molecule has 0 aliphatic carbocycles. The average molecular weight is 175 g/mol. The van der Waals surface area contributed by atoms with Gasteiger partial charge in [0.25, 0.3) is 0 Å². The first kappa shape index (κ1) is 9.60. The molecule has 0 fully saturated rings. The third kappa shape index (κ3) is 1.81. The fourth-order valence-corrected chi connectivity index (χ4v) is 1.47. The topological polar surface area (TPSA) is 22.0 Å². The smallest absolute Gasteiger partial charge is 0.151 e. The van der Waals surface area contributed by atoms with Gasteiger partial charge in [0.2, 0.25) is 0 Å². The van der Waals surface area contributed by atoms with Gasteiger partial charge in [-0.25, -0.2) is 0 Å². The van der Waals surface area contributed by atoms with Crippen molar-refractivity contribution in [2.24, 2.45) is 0 Å². The van der Waals surface area contributed by atoms with Crippen LogP contribution < -0.4 is 0 Å². The van der Waals surface area contributed by atoms with Crippen molar-refractivity contribution in [2.45, 2.75) is 26.8 Å². The predicted octanol–water partition coefficient (Wildman–Crippen LogP) is 1.94. The van der Waals surface area contributed by atoms with E-state index < -0.39 is 0 Å². The van der Waals surface area contributed by atoms with Crippen molar-refractivity contribution in [1.82, 2.24) is 4.57 Å². The van der Waals surface area contributed by atoms with E-state index in [4.69, 9.17) is 6.42 Å². The van der Waals surface area contributed by atoms with Crippen LogP contribution in [-0.2, 0) is 6.54 Å². The van der Waals surface area contributed by atoms with E-state index in [1.807, 2.05) is 19.9 Å². The van der Waals surface area contributed by atoms with Crippen molar-refractivity contribution in [3.63, 3.8) is 0 Å². The molecule has 0 aliphatic heterocycles. The summed E-state index contributed by atoms with van der Waals surface area (Å²) in [5, 5.41) is 0. The summed E-state index contributed by atoms with van der Waals surface area (Å²) in [7, 11) is 0. The lowest BCUT2D eigenvalue weighted by molar-refractivity contribution is 0.112. The number of nitrogens with zero attached hydrogens (tertiary/aromatic N) is 1. The number of rotatable bonds is 3. The maximum atomic E-state index is 10.6. The Balaban J connectivity index is 3.00. The van der Waals surface area contributed by atoms with Crippen LogP contribution in [0.2, 0.25) is 0 Å².